The Morgan fingerprint density at radius 1 is 1.41 bits per heavy atom. The van der Waals surface area contributed by atoms with Gasteiger partial charge in [0.1, 0.15) is 6.23 Å². The summed E-state index contributed by atoms with van der Waals surface area (Å²) < 4.78 is 0. The third kappa shape index (κ3) is 6.47. The molecule has 1 N–H and O–H groups in total. The van der Waals surface area contributed by atoms with Crippen molar-refractivity contribution in [3.63, 3.8) is 0 Å². The summed E-state index contributed by atoms with van der Waals surface area (Å²) in [5.41, 5.74) is 9.04. The Morgan fingerprint density at radius 2 is 1.88 bits per heavy atom. The summed E-state index contributed by atoms with van der Waals surface area (Å²) in [5.74, 6) is 0. The summed E-state index contributed by atoms with van der Waals surface area (Å²) in [6, 6.07) is 0.0745. The Hall–Kier alpha value is -0.0166. The molecule has 0 saturated heterocycles. The van der Waals surface area contributed by atoms with Crippen LogP contribution in [0.4, 0.5) is 0 Å². The van der Waals surface area contributed by atoms with Crippen LogP contribution in [0.25, 0.3) is 5.53 Å². The molecule has 7 heteroatoms. The van der Waals surface area contributed by atoms with Gasteiger partial charge in [0.15, 0.2) is 0 Å². The van der Waals surface area contributed by atoms with Crippen LogP contribution >= 0.6 is 0 Å². The largest absolute Gasteiger partial charge is 2.00 e. The minimum Gasteiger partial charge on any atom is -1.00 e. The van der Waals surface area contributed by atoms with Gasteiger partial charge in [0, 0.05) is 18.2 Å². The van der Waals surface area contributed by atoms with Gasteiger partial charge in [0.2, 0.25) is 0 Å². The number of nitrogens with zero attached hydrogens (tertiary/aromatic N) is 3. The molecule has 0 fully saturated rings. The minimum absolute atomic E-state index is 0. The van der Waals surface area contributed by atoms with Crippen LogP contribution in [-0.2, 0) is 19.5 Å². The van der Waals surface area contributed by atoms with Crippen molar-refractivity contribution in [3.8, 4) is 0 Å². The van der Waals surface area contributed by atoms with E-state index in [1.807, 2.05) is 24.0 Å². The van der Waals surface area contributed by atoms with Gasteiger partial charge in [0.25, 0.3) is 0 Å². The third-order valence-corrected chi connectivity index (χ3v) is 2.27. The Labute approximate surface area is 127 Å². The van der Waals surface area contributed by atoms with E-state index in [1.165, 1.54) is 0 Å². The predicted octanol–water partition coefficient (Wildman–Crippen LogP) is -5.18. The van der Waals surface area contributed by atoms with Crippen LogP contribution in [0.15, 0.2) is 24.3 Å². The van der Waals surface area contributed by atoms with Gasteiger partial charge >= 0.3 is 25.2 Å². The third-order valence-electron chi connectivity index (χ3n) is 2.27. The van der Waals surface area contributed by atoms with Crippen LogP contribution in [0.2, 0.25) is 0 Å². The SMILES string of the molecule is CCN(C(C)O)C1C=CC(=[N+]=[N-])C=C1.[Cl-].[Cl-].[Zn+2]. The Balaban J connectivity index is -0.000000653. The molecule has 4 nitrogen and oxygen atoms in total. The van der Waals surface area contributed by atoms with Crippen LogP contribution in [-0.4, -0.2) is 39.3 Å². The van der Waals surface area contributed by atoms with E-state index in [0.717, 1.165) is 6.54 Å². The molecule has 17 heavy (non-hydrogen) atoms. The molecule has 0 aromatic rings. The summed E-state index contributed by atoms with van der Waals surface area (Å²) in [7, 11) is 0. The number of rotatable bonds is 3. The molecule has 0 radical (unpaired) electrons. The molecule has 0 bridgehead atoms. The van der Waals surface area contributed by atoms with E-state index in [1.54, 1.807) is 19.1 Å². The number of aliphatic hydroxyl groups excluding tert-OH is 1. The molecule has 1 rings (SSSR count). The van der Waals surface area contributed by atoms with Crippen molar-refractivity contribution >= 4 is 5.71 Å². The molecule has 1 atom stereocenters. The van der Waals surface area contributed by atoms with Gasteiger partial charge in [-0.15, -0.1) is 0 Å². The molecule has 1 aliphatic carbocycles. The summed E-state index contributed by atoms with van der Waals surface area (Å²) in [6.45, 7) is 4.49. The van der Waals surface area contributed by atoms with Gasteiger partial charge in [0.05, 0.1) is 0 Å². The molecule has 0 aromatic heterocycles. The van der Waals surface area contributed by atoms with Gasteiger partial charge < -0.3 is 35.5 Å². The average molecular weight is 330 g/mol. The average Bonchev–Trinajstić information content (AvgIpc) is 2.19. The molecule has 0 spiro atoms. The molecule has 0 saturated carbocycles. The van der Waals surface area contributed by atoms with Gasteiger partial charge in [-0.25, -0.2) is 0 Å². The first-order valence-electron chi connectivity index (χ1n) is 4.71. The smallest absolute Gasteiger partial charge is 1.00 e. The number of hydrogen-bond donors (Lipinski definition) is 1. The van der Waals surface area contributed by atoms with Gasteiger partial charge in [-0.3, -0.25) is 4.90 Å². The number of hydrogen-bond acceptors (Lipinski definition) is 2. The predicted molar refractivity (Wildman–Crippen MR) is 54.8 cm³/mol. The number of likely N-dealkylation sites (N-methyl/N-ethyl adjacent to an activating group) is 1. The van der Waals surface area contributed by atoms with Crippen molar-refractivity contribution in [1.29, 1.82) is 0 Å². The van der Waals surface area contributed by atoms with Crippen molar-refractivity contribution in [1.82, 2.24) is 4.90 Å². The maximum absolute atomic E-state index is 9.47. The standard InChI is InChI=1S/C10H15N3O.2ClH.Zn/c1-3-13(8(2)14)10-6-4-9(12-11)5-7-10;;;/h4-8,10,14H,3H2,1-2H3;2*1H;/q;;;+2/p-2. The molecule has 92 valence electrons. The van der Waals surface area contributed by atoms with E-state index in [9.17, 15) is 5.11 Å². The maximum Gasteiger partial charge on any atom is 2.00 e. The fourth-order valence-electron chi connectivity index (χ4n) is 1.53. The fourth-order valence-corrected chi connectivity index (χ4v) is 1.53. The van der Waals surface area contributed by atoms with Crippen LogP contribution in [0.1, 0.15) is 13.8 Å². The Morgan fingerprint density at radius 3 is 2.18 bits per heavy atom. The molecule has 1 aliphatic rings. The topological polar surface area (TPSA) is 59.9 Å². The molecule has 0 heterocycles. The first kappa shape index (κ1) is 22.2. The van der Waals surface area contributed by atoms with Crippen molar-refractivity contribution < 1.29 is 54.2 Å². The molecule has 1 unspecified atom stereocenters. The summed E-state index contributed by atoms with van der Waals surface area (Å²) in [6.07, 6.45) is 6.77. The van der Waals surface area contributed by atoms with Crippen molar-refractivity contribution in [2.24, 2.45) is 0 Å². The number of halogens is 2. The van der Waals surface area contributed by atoms with Crippen LogP contribution in [0.3, 0.4) is 0 Å². The minimum atomic E-state index is -0.480. The summed E-state index contributed by atoms with van der Waals surface area (Å²) in [4.78, 5) is 4.99. The van der Waals surface area contributed by atoms with Gasteiger partial charge in [-0.2, -0.15) is 4.79 Å². The van der Waals surface area contributed by atoms with Crippen molar-refractivity contribution in [3.05, 3.63) is 29.8 Å². The molecule has 0 amide bonds. The summed E-state index contributed by atoms with van der Waals surface area (Å²) >= 11 is 0. The Bertz CT molecular complexity index is 299. The monoisotopic (exact) mass is 327 g/mol. The van der Waals surface area contributed by atoms with Gasteiger partial charge in [-0.1, -0.05) is 19.1 Å². The van der Waals surface area contributed by atoms with E-state index >= 15 is 0 Å². The number of allylic oxidation sites excluding steroid dienone is 2. The van der Waals surface area contributed by atoms with Crippen LogP contribution in [0.5, 0.6) is 0 Å². The maximum atomic E-state index is 9.47. The van der Waals surface area contributed by atoms with E-state index in [4.69, 9.17) is 5.53 Å². The molecular formula is C10H15Cl2N3OZn. The van der Waals surface area contributed by atoms with Crippen LogP contribution in [0, 0.1) is 0 Å². The Kier molecular flexibility index (Phi) is 14.5. The van der Waals surface area contributed by atoms with Crippen LogP contribution < -0.4 is 24.8 Å². The second kappa shape index (κ2) is 11.1. The van der Waals surface area contributed by atoms with Crippen molar-refractivity contribution in [2.75, 3.05) is 6.54 Å². The van der Waals surface area contributed by atoms with E-state index in [-0.39, 0.29) is 50.3 Å². The molecule has 0 aromatic carbocycles. The first-order chi connectivity index (χ1) is 6.69. The second-order valence-corrected chi connectivity index (χ2v) is 3.20. The van der Waals surface area contributed by atoms with Crippen molar-refractivity contribution in [2.45, 2.75) is 26.1 Å². The van der Waals surface area contributed by atoms with E-state index in [0.29, 0.717) is 5.71 Å². The summed E-state index contributed by atoms with van der Waals surface area (Å²) in [5, 5.41) is 9.47. The second-order valence-electron chi connectivity index (χ2n) is 3.20. The fraction of sp³-hybridized carbons (Fsp3) is 0.500. The zero-order chi connectivity index (χ0) is 10.6. The zero-order valence-electron chi connectivity index (χ0n) is 9.92. The van der Waals surface area contributed by atoms with Gasteiger partial charge in [-0.05, 0) is 13.5 Å². The number of aliphatic hydroxyl groups is 1. The molecule has 0 aliphatic heterocycles. The van der Waals surface area contributed by atoms with E-state index in [2.05, 4.69) is 4.79 Å². The molecular weight excluding hydrogens is 314 g/mol. The first-order valence-corrected chi connectivity index (χ1v) is 4.71. The normalized spacial score (nSPS) is 18.6. The zero-order valence-corrected chi connectivity index (χ0v) is 14.4. The quantitative estimate of drug-likeness (QED) is 0.244. The van der Waals surface area contributed by atoms with E-state index < -0.39 is 6.23 Å².